The van der Waals surface area contributed by atoms with Crippen LogP contribution in [0.4, 0.5) is 0 Å². The van der Waals surface area contributed by atoms with Gasteiger partial charge >= 0.3 is 0 Å². The standard InChI is InChI=1S/C13H10ClN3O/c14-10-3-1-2-9(6-10)7-18-13-11-4-5-15-12(11)16-8-17-13/h1-6,8H,7H2,(H,15,16,17). The second-order valence-electron chi connectivity index (χ2n) is 3.84. The molecule has 0 bridgehead atoms. The molecule has 90 valence electrons. The predicted molar refractivity (Wildman–Crippen MR) is 69.7 cm³/mol. The number of aromatic nitrogens is 3. The van der Waals surface area contributed by atoms with E-state index < -0.39 is 0 Å². The highest BCUT2D eigenvalue weighted by Crippen LogP contribution is 2.21. The molecule has 5 heteroatoms. The molecule has 0 saturated heterocycles. The van der Waals surface area contributed by atoms with Crippen LogP contribution in [-0.2, 0) is 6.61 Å². The number of ether oxygens (including phenoxy) is 1. The van der Waals surface area contributed by atoms with E-state index in [1.807, 2.05) is 36.5 Å². The summed E-state index contributed by atoms with van der Waals surface area (Å²) in [5, 5.41) is 1.57. The maximum atomic E-state index is 5.92. The molecule has 2 heterocycles. The molecule has 0 spiro atoms. The molecular formula is C13H10ClN3O. The zero-order chi connectivity index (χ0) is 12.4. The molecule has 0 aliphatic rings. The van der Waals surface area contributed by atoms with Crippen LogP contribution < -0.4 is 4.74 Å². The molecule has 0 aliphatic heterocycles. The van der Waals surface area contributed by atoms with Gasteiger partial charge in [0.05, 0.1) is 5.39 Å². The normalized spacial score (nSPS) is 10.7. The van der Waals surface area contributed by atoms with Gasteiger partial charge in [-0.2, -0.15) is 0 Å². The van der Waals surface area contributed by atoms with Crippen LogP contribution in [0.1, 0.15) is 5.56 Å². The number of hydrogen-bond donors (Lipinski definition) is 1. The monoisotopic (exact) mass is 259 g/mol. The highest BCUT2D eigenvalue weighted by atomic mass is 35.5. The zero-order valence-corrected chi connectivity index (χ0v) is 10.2. The van der Waals surface area contributed by atoms with Gasteiger partial charge in [0.1, 0.15) is 18.6 Å². The lowest BCUT2D eigenvalue weighted by Crippen LogP contribution is -1.98. The van der Waals surface area contributed by atoms with Crippen molar-refractivity contribution >= 4 is 22.6 Å². The van der Waals surface area contributed by atoms with Crippen LogP contribution in [0.3, 0.4) is 0 Å². The summed E-state index contributed by atoms with van der Waals surface area (Å²) in [5.74, 6) is 0.571. The Hall–Kier alpha value is -2.07. The molecule has 3 aromatic rings. The van der Waals surface area contributed by atoms with Gasteiger partial charge in [0, 0.05) is 11.2 Å². The first-order valence-corrected chi connectivity index (χ1v) is 5.86. The van der Waals surface area contributed by atoms with Gasteiger partial charge in [0.2, 0.25) is 5.88 Å². The second-order valence-corrected chi connectivity index (χ2v) is 4.27. The maximum absolute atomic E-state index is 5.92. The largest absolute Gasteiger partial charge is 0.472 e. The van der Waals surface area contributed by atoms with E-state index >= 15 is 0 Å². The lowest BCUT2D eigenvalue weighted by molar-refractivity contribution is 0.297. The molecule has 0 unspecified atom stereocenters. The first-order valence-electron chi connectivity index (χ1n) is 5.48. The third kappa shape index (κ3) is 2.15. The molecule has 0 fully saturated rings. The van der Waals surface area contributed by atoms with Crippen molar-refractivity contribution in [3.63, 3.8) is 0 Å². The minimum Gasteiger partial charge on any atom is -0.472 e. The Labute approximate surface area is 109 Å². The summed E-state index contributed by atoms with van der Waals surface area (Å²) < 4.78 is 5.69. The second kappa shape index (κ2) is 4.66. The van der Waals surface area contributed by atoms with E-state index in [0.29, 0.717) is 17.5 Å². The molecule has 18 heavy (non-hydrogen) atoms. The van der Waals surface area contributed by atoms with Crippen molar-refractivity contribution in [2.24, 2.45) is 0 Å². The van der Waals surface area contributed by atoms with E-state index in [-0.39, 0.29) is 0 Å². The molecule has 4 nitrogen and oxygen atoms in total. The number of fused-ring (bicyclic) bond motifs is 1. The highest BCUT2D eigenvalue weighted by molar-refractivity contribution is 6.30. The minimum atomic E-state index is 0.428. The highest BCUT2D eigenvalue weighted by Gasteiger charge is 2.05. The fourth-order valence-corrected chi connectivity index (χ4v) is 1.95. The number of rotatable bonds is 3. The Morgan fingerprint density at radius 1 is 1.22 bits per heavy atom. The number of H-pyrrole nitrogens is 1. The first-order chi connectivity index (χ1) is 8.83. The molecule has 0 radical (unpaired) electrons. The number of halogens is 1. The van der Waals surface area contributed by atoms with E-state index in [9.17, 15) is 0 Å². The van der Waals surface area contributed by atoms with Crippen LogP contribution in [0, 0.1) is 0 Å². The number of nitrogens with zero attached hydrogens (tertiary/aromatic N) is 2. The fourth-order valence-electron chi connectivity index (χ4n) is 1.74. The molecule has 1 N–H and O–H groups in total. The van der Waals surface area contributed by atoms with E-state index in [2.05, 4.69) is 15.0 Å². The van der Waals surface area contributed by atoms with Gasteiger partial charge in [-0.15, -0.1) is 0 Å². The van der Waals surface area contributed by atoms with Crippen molar-refractivity contribution in [3.8, 4) is 5.88 Å². The maximum Gasteiger partial charge on any atom is 0.226 e. The molecule has 1 aromatic carbocycles. The summed E-state index contributed by atoms with van der Waals surface area (Å²) in [5.41, 5.74) is 1.77. The van der Waals surface area contributed by atoms with Crippen LogP contribution in [0.15, 0.2) is 42.9 Å². The van der Waals surface area contributed by atoms with Crippen molar-refractivity contribution in [1.82, 2.24) is 15.0 Å². The molecule has 0 atom stereocenters. The summed E-state index contributed by atoms with van der Waals surface area (Å²) in [6, 6.07) is 9.45. The third-order valence-corrected chi connectivity index (χ3v) is 2.82. The fraction of sp³-hybridized carbons (Fsp3) is 0.0769. The van der Waals surface area contributed by atoms with Gasteiger partial charge in [0.25, 0.3) is 0 Å². The lowest BCUT2D eigenvalue weighted by Gasteiger charge is -2.06. The van der Waals surface area contributed by atoms with Crippen LogP contribution in [0.5, 0.6) is 5.88 Å². The van der Waals surface area contributed by atoms with E-state index in [0.717, 1.165) is 16.6 Å². The Kier molecular flexibility index (Phi) is 2.86. The van der Waals surface area contributed by atoms with Gasteiger partial charge in [-0.25, -0.2) is 9.97 Å². The van der Waals surface area contributed by atoms with Crippen molar-refractivity contribution in [2.75, 3.05) is 0 Å². The number of hydrogen-bond acceptors (Lipinski definition) is 3. The number of nitrogens with one attached hydrogen (secondary N) is 1. The molecule has 0 saturated carbocycles. The van der Waals surface area contributed by atoms with Crippen LogP contribution in [0.2, 0.25) is 5.02 Å². The smallest absolute Gasteiger partial charge is 0.226 e. The average Bonchev–Trinajstić information content (AvgIpc) is 2.85. The number of benzene rings is 1. The van der Waals surface area contributed by atoms with Gasteiger partial charge < -0.3 is 9.72 Å². The van der Waals surface area contributed by atoms with E-state index in [4.69, 9.17) is 16.3 Å². The Balaban J connectivity index is 1.83. The zero-order valence-electron chi connectivity index (χ0n) is 9.43. The topological polar surface area (TPSA) is 50.8 Å². The molecular weight excluding hydrogens is 250 g/mol. The summed E-state index contributed by atoms with van der Waals surface area (Å²) in [6.07, 6.45) is 3.29. The van der Waals surface area contributed by atoms with Gasteiger partial charge in [0.15, 0.2) is 0 Å². The lowest BCUT2D eigenvalue weighted by atomic mass is 10.2. The average molecular weight is 260 g/mol. The summed E-state index contributed by atoms with van der Waals surface area (Å²) in [6.45, 7) is 0.428. The number of aromatic amines is 1. The van der Waals surface area contributed by atoms with Crippen LogP contribution in [0.25, 0.3) is 11.0 Å². The predicted octanol–water partition coefficient (Wildman–Crippen LogP) is 3.19. The van der Waals surface area contributed by atoms with Gasteiger partial charge in [-0.1, -0.05) is 23.7 Å². The first kappa shape index (κ1) is 11.0. The molecule has 0 aliphatic carbocycles. The molecule has 0 amide bonds. The Morgan fingerprint density at radius 2 is 2.17 bits per heavy atom. The van der Waals surface area contributed by atoms with E-state index in [1.165, 1.54) is 6.33 Å². The summed E-state index contributed by atoms with van der Waals surface area (Å²) in [4.78, 5) is 11.2. The van der Waals surface area contributed by atoms with E-state index in [1.54, 1.807) is 0 Å². The van der Waals surface area contributed by atoms with Crippen molar-refractivity contribution in [3.05, 3.63) is 53.4 Å². The SMILES string of the molecule is Clc1cccc(COc2ncnc3[nH]ccc23)c1. The minimum absolute atomic E-state index is 0.428. The van der Waals surface area contributed by atoms with Crippen LogP contribution in [-0.4, -0.2) is 15.0 Å². The van der Waals surface area contributed by atoms with Crippen molar-refractivity contribution in [1.29, 1.82) is 0 Å². The molecule has 2 aromatic heterocycles. The summed E-state index contributed by atoms with van der Waals surface area (Å²) in [7, 11) is 0. The third-order valence-electron chi connectivity index (χ3n) is 2.58. The van der Waals surface area contributed by atoms with Crippen molar-refractivity contribution < 1.29 is 4.74 Å². The van der Waals surface area contributed by atoms with Crippen LogP contribution >= 0.6 is 11.6 Å². The Morgan fingerprint density at radius 3 is 3.06 bits per heavy atom. The molecule has 3 rings (SSSR count). The quantitative estimate of drug-likeness (QED) is 0.786. The van der Waals surface area contributed by atoms with Gasteiger partial charge in [-0.05, 0) is 23.8 Å². The Bertz CT molecular complexity index is 681. The summed E-state index contributed by atoms with van der Waals surface area (Å²) >= 11 is 5.92. The van der Waals surface area contributed by atoms with Gasteiger partial charge in [-0.3, -0.25) is 0 Å². The van der Waals surface area contributed by atoms with Crippen molar-refractivity contribution in [2.45, 2.75) is 6.61 Å².